The highest BCUT2D eigenvalue weighted by Crippen LogP contribution is 2.39. The third kappa shape index (κ3) is 1.49. The van der Waals surface area contributed by atoms with Gasteiger partial charge in [-0.15, -0.1) is 0 Å². The van der Waals surface area contributed by atoms with Gasteiger partial charge in [0.25, 0.3) is 0 Å². The molecule has 0 aliphatic carbocycles. The van der Waals surface area contributed by atoms with E-state index in [1.807, 2.05) is 0 Å². The Hall–Kier alpha value is -0.120. The summed E-state index contributed by atoms with van der Waals surface area (Å²) in [5.74, 6) is 0. The molecule has 13 heavy (non-hydrogen) atoms. The first-order chi connectivity index (χ1) is 6.14. The van der Waals surface area contributed by atoms with Gasteiger partial charge >= 0.3 is 0 Å². The summed E-state index contributed by atoms with van der Waals surface area (Å²) in [6.07, 6.45) is 1.15. The zero-order valence-electron chi connectivity index (χ0n) is 8.62. The fourth-order valence-corrected chi connectivity index (χ4v) is 2.37. The second kappa shape index (κ2) is 3.23. The summed E-state index contributed by atoms with van der Waals surface area (Å²) in [5, 5.41) is 0. The van der Waals surface area contributed by atoms with Crippen molar-refractivity contribution in [1.82, 2.24) is 4.90 Å². The van der Waals surface area contributed by atoms with Crippen molar-refractivity contribution in [2.45, 2.75) is 32.4 Å². The Labute approximate surface area is 80.2 Å². The van der Waals surface area contributed by atoms with Gasteiger partial charge in [-0.3, -0.25) is 4.90 Å². The lowest BCUT2D eigenvalue weighted by molar-refractivity contribution is -0.106. The van der Waals surface area contributed by atoms with Crippen molar-refractivity contribution in [3.8, 4) is 0 Å². The van der Waals surface area contributed by atoms with Crippen LogP contribution in [0.1, 0.15) is 20.3 Å². The summed E-state index contributed by atoms with van der Waals surface area (Å²) in [7, 11) is 0. The molecule has 0 bridgehead atoms. The maximum atomic E-state index is 6.09. The number of likely N-dealkylation sites (tertiary alicyclic amines) is 1. The van der Waals surface area contributed by atoms with Crippen LogP contribution in [0.2, 0.25) is 0 Å². The van der Waals surface area contributed by atoms with Crippen molar-refractivity contribution >= 4 is 0 Å². The molecule has 0 aromatic rings. The Bertz CT molecular complexity index is 187. The molecular weight excluding hydrogens is 164 g/mol. The normalized spacial score (nSPS) is 33.7. The second-order valence-electron chi connectivity index (χ2n) is 4.79. The van der Waals surface area contributed by atoms with E-state index in [2.05, 4.69) is 18.7 Å². The van der Waals surface area contributed by atoms with Gasteiger partial charge in [0.1, 0.15) is 0 Å². The third-order valence-electron chi connectivity index (χ3n) is 3.59. The highest BCUT2D eigenvalue weighted by molar-refractivity contribution is 5.03. The lowest BCUT2D eigenvalue weighted by Gasteiger charge is -2.56. The number of nitrogens with zero attached hydrogens (tertiary/aromatic N) is 1. The molecule has 0 saturated carbocycles. The standard InChI is InChI=1S/C10H20N2O/c1-8(2)12-6-10(7-12)3-4-13-5-9(10)11/h8-9H,3-7,11H2,1-2H3/t9-/m0/s1. The summed E-state index contributed by atoms with van der Waals surface area (Å²) in [6, 6.07) is 0.928. The minimum atomic E-state index is 0.260. The van der Waals surface area contributed by atoms with Crippen LogP contribution >= 0.6 is 0 Å². The SMILES string of the molecule is CC(C)N1CC2(CCOC[C@@H]2N)C1. The first kappa shape index (κ1) is 9.44. The van der Waals surface area contributed by atoms with E-state index in [1.165, 1.54) is 13.1 Å². The Balaban J connectivity index is 1.93. The first-order valence-electron chi connectivity index (χ1n) is 5.21. The number of ether oxygens (including phenoxy) is 1. The molecule has 2 aliphatic rings. The molecule has 1 spiro atoms. The first-order valence-corrected chi connectivity index (χ1v) is 5.21. The van der Waals surface area contributed by atoms with Gasteiger partial charge in [-0.2, -0.15) is 0 Å². The minimum absolute atomic E-state index is 0.260. The maximum Gasteiger partial charge on any atom is 0.0623 e. The van der Waals surface area contributed by atoms with Crippen LogP contribution in [0.4, 0.5) is 0 Å². The molecule has 3 heteroatoms. The molecule has 0 radical (unpaired) electrons. The van der Waals surface area contributed by atoms with Crippen LogP contribution in [0.15, 0.2) is 0 Å². The third-order valence-corrected chi connectivity index (χ3v) is 3.59. The molecule has 1 atom stereocenters. The summed E-state index contributed by atoms with van der Waals surface area (Å²) < 4.78 is 5.37. The fraction of sp³-hybridized carbons (Fsp3) is 1.00. The van der Waals surface area contributed by atoms with E-state index < -0.39 is 0 Å². The van der Waals surface area contributed by atoms with Crippen molar-refractivity contribution in [2.75, 3.05) is 26.3 Å². The van der Waals surface area contributed by atoms with Crippen LogP contribution in [0.5, 0.6) is 0 Å². The van der Waals surface area contributed by atoms with Gasteiger partial charge in [-0.25, -0.2) is 0 Å². The molecule has 3 nitrogen and oxygen atoms in total. The van der Waals surface area contributed by atoms with Crippen molar-refractivity contribution in [2.24, 2.45) is 11.1 Å². The number of rotatable bonds is 1. The zero-order valence-corrected chi connectivity index (χ0v) is 8.62. The van der Waals surface area contributed by atoms with Crippen LogP contribution in [0.3, 0.4) is 0 Å². The smallest absolute Gasteiger partial charge is 0.0623 e. The molecule has 2 heterocycles. The van der Waals surface area contributed by atoms with Crippen LogP contribution < -0.4 is 5.73 Å². The summed E-state index contributed by atoms with van der Waals surface area (Å²) in [4.78, 5) is 2.49. The maximum absolute atomic E-state index is 6.09. The molecule has 2 fully saturated rings. The molecule has 76 valence electrons. The summed E-state index contributed by atoms with van der Waals surface area (Å²) in [6.45, 7) is 8.51. The monoisotopic (exact) mass is 184 g/mol. The van der Waals surface area contributed by atoms with Gasteiger partial charge in [0, 0.05) is 37.2 Å². The van der Waals surface area contributed by atoms with Crippen molar-refractivity contribution in [1.29, 1.82) is 0 Å². The van der Waals surface area contributed by atoms with E-state index in [0.29, 0.717) is 11.5 Å². The Morgan fingerprint density at radius 3 is 2.69 bits per heavy atom. The molecule has 0 aromatic heterocycles. The van der Waals surface area contributed by atoms with E-state index in [0.717, 1.165) is 19.6 Å². The number of hydrogen-bond donors (Lipinski definition) is 1. The van der Waals surface area contributed by atoms with Gasteiger partial charge in [-0.1, -0.05) is 0 Å². The molecule has 2 rings (SSSR count). The molecule has 0 unspecified atom stereocenters. The molecule has 0 aromatic carbocycles. The molecular formula is C10H20N2O. The van der Waals surface area contributed by atoms with E-state index in [-0.39, 0.29) is 6.04 Å². The highest BCUT2D eigenvalue weighted by Gasteiger charge is 2.49. The van der Waals surface area contributed by atoms with E-state index in [4.69, 9.17) is 10.5 Å². The van der Waals surface area contributed by atoms with Crippen molar-refractivity contribution in [3.63, 3.8) is 0 Å². The topological polar surface area (TPSA) is 38.5 Å². The highest BCUT2D eigenvalue weighted by atomic mass is 16.5. The number of nitrogens with two attached hydrogens (primary N) is 1. The average molecular weight is 184 g/mol. The molecule has 2 saturated heterocycles. The van der Waals surface area contributed by atoms with Crippen molar-refractivity contribution < 1.29 is 4.74 Å². The zero-order chi connectivity index (χ0) is 9.47. The lowest BCUT2D eigenvalue weighted by atomic mass is 9.70. The fourth-order valence-electron chi connectivity index (χ4n) is 2.37. The Morgan fingerprint density at radius 1 is 1.46 bits per heavy atom. The average Bonchev–Trinajstić information content (AvgIpc) is 2.01. The van der Waals surface area contributed by atoms with E-state index in [1.54, 1.807) is 0 Å². The van der Waals surface area contributed by atoms with Gasteiger partial charge < -0.3 is 10.5 Å². The predicted octanol–water partition coefficient (Wildman–Crippen LogP) is 0.444. The van der Waals surface area contributed by atoms with E-state index in [9.17, 15) is 0 Å². The van der Waals surface area contributed by atoms with Gasteiger partial charge in [0.05, 0.1) is 6.61 Å². The lowest BCUT2D eigenvalue weighted by Crippen LogP contribution is -2.68. The summed E-state index contributed by atoms with van der Waals surface area (Å²) in [5.41, 5.74) is 6.48. The largest absolute Gasteiger partial charge is 0.380 e. The quantitative estimate of drug-likeness (QED) is 0.643. The van der Waals surface area contributed by atoms with Crippen molar-refractivity contribution in [3.05, 3.63) is 0 Å². The Morgan fingerprint density at radius 2 is 2.15 bits per heavy atom. The predicted molar refractivity (Wildman–Crippen MR) is 52.6 cm³/mol. The summed E-state index contributed by atoms with van der Waals surface area (Å²) >= 11 is 0. The number of hydrogen-bond acceptors (Lipinski definition) is 3. The van der Waals surface area contributed by atoms with Crippen LogP contribution in [-0.4, -0.2) is 43.3 Å². The molecule has 2 aliphatic heterocycles. The Kier molecular flexibility index (Phi) is 2.34. The second-order valence-corrected chi connectivity index (χ2v) is 4.79. The molecule has 0 amide bonds. The van der Waals surface area contributed by atoms with E-state index >= 15 is 0 Å². The van der Waals surface area contributed by atoms with Crippen LogP contribution in [0, 0.1) is 5.41 Å². The van der Waals surface area contributed by atoms with Gasteiger partial charge in [0.2, 0.25) is 0 Å². The van der Waals surface area contributed by atoms with Crippen LogP contribution in [0.25, 0.3) is 0 Å². The van der Waals surface area contributed by atoms with Gasteiger partial charge in [-0.05, 0) is 20.3 Å². The van der Waals surface area contributed by atoms with Crippen LogP contribution in [-0.2, 0) is 4.74 Å². The van der Waals surface area contributed by atoms with Gasteiger partial charge in [0.15, 0.2) is 0 Å². The molecule has 2 N–H and O–H groups in total. The minimum Gasteiger partial charge on any atom is -0.380 e.